The topological polar surface area (TPSA) is 72.2 Å². The first-order chi connectivity index (χ1) is 8.12. The Bertz CT molecular complexity index is 548. The van der Waals surface area contributed by atoms with E-state index in [4.69, 9.17) is 5.73 Å². The maximum atomic E-state index is 11.6. The second-order valence-corrected chi connectivity index (χ2v) is 7.05. The molecule has 2 rings (SSSR count). The van der Waals surface area contributed by atoms with Gasteiger partial charge in [-0.15, -0.1) is 11.3 Å². The quantitative estimate of drug-likeness (QED) is 0.789. The van der Waals surface area contributed by atoms with Crippen molar-refractivity contribution >= 4 is 21.4 Å². The largest absolute Gasteiger partial charge is 0.320 e. The Kier molecular flexibility index (Phi) is 3.84. The molecule has 0 spiro atoms. The van der Waals surface area contributed by atoms with Crippen molar-refractivity contribution in [2.75, 3.05) is 6.54 Å². The Balaban J connectivity index is 1.93. The Morgan fingerprint density at radius 3 is 2.88 bits per heavy atom. The highest BCUT2D eigenvalue weighted by Gasteiger charge is 2.35. The van der Waals surface area contributed by atoms with Crippen molar-refractivity contribution in [2.24, 2.45) is 5.73 Å². The van der Waals surface area contributed by atoms with Crippen LogP contribution in [-0.4, -0.2) is 20.2 Å². The number of sulfonamides is 1. The highest BCUT2D eigenvalue weighted by Crippen LogP contribution is 2.27. The van der Waals surface area contributed by atoms with E-state index in [0.717, 1.165) is 22.6 Å². The molecule has 0 saturated heterocycles. The molecule has 3 N–H and O–H groups in total. The summed E-state index contributed by atoms with van der Waals surface area (Å²) in [5, 5.41) is -0.168. The molecule has 1 aromatic rings. The maximum absolute atomic E-state index is 11.6. The van der Waals surface area contributed by atoms with Crippen molar-refractivity contribution in [3.05, 3.63) is 21.9 Å². The fourth-order valence-electron chi connectivity index (χ4n) is 1.35. The highest BCUT2D eigenvalue weighted by atomic mass is 32.2. The number of nitrogens with one attached hydrogen (secondary N) is 1. The Morgan fingerprint density at radius 2 is 2.24 bits per heavy atom. The molecule has 1 aliphatic rings. The molecule has 1 saturated carbocycles. The normalized spacial score (nSPS) is 15.4. The molecule has 6 heteroatoms. The third kappa shape index (κ3) is 3.54. The van der Waals surface area contributed by atoms with Gasteiger partial charge in [-0.3, -0.25) is 0 Å². The van der Waals surface area contributed by atoms with Crippen molar-refractivity contribution in [1.82, 2.24) is 4.72 Å². The number of thiophene rings is 1. The molecule has 92 valence electrons. The second kappa shape index (κ2) is 5.19. The monoisotopic (exact) mass is 270 g/mol. The molecule has 0 radical (unpaired) electrons. The predicted molar refractivity (Wildman–Crippen MR) is 69.0 cm³/mol. The van der Waals surface area contributed by atoms with Gasteiger partial charge in [0.15, 0.2) is 0 Å². The lowest BCUT2D eigenvalue weighted by atomic mass is 10.4. The zero-order chi connectivity index (χ0) is 12.3. The van der Waals surface area contributed by atoms with E-state index in [1.54, 1.807) is 0 Å². The smallest absolute Gasteiger partial charge is 0.214 e. The lowest BCUT2D eigenvalue weighted by Gasteiger charge is -2.02. The van der Waals surface area contributed by atoms with E-state index >= 15 is 0 Å². The Morgan fingerprint density at radius 1 is 1.47 bits per heavy atom. The number of hydrogen-bond acceptors (Lipinski definition) is 4. The van der Waals surface area contributed by atoms with Gasteiger partial charge in [0, 0.05) is 11.4 Å². The molecule has 1 aromatic heterocycles. The van der Waals surface area contributed by atoms with Crippen LogP contribution in [0.25, 0.3) is 0 Å². The van der Waals surface area contributed by atoms with Crippen molar-refractivity contribution in [3.8, 4) is 11.8 Å². The summed E-state index contributed by atoms with van der Waals surface area (Å²) < 4.78 is 25.8. The van der Waals surface area contributed by atoms with Crippen LogP contribution < -0.4 is 10.5 Å². The van der Waals surface area contributed by atoms with Gasteiger partial charge in [0.05, 0.1) is 16.7 Å². The molecule has 0 amide bonds. The van der Waals surface area contributed by atoms with Crippen LogP contribution in [0.1, 0.15) is 22.6 Å². The Labute approximate surface area is 105 Å². The molecular weight excluding hydrogens is 256 g/mol. The molecule has 4 nitrogen and oxygen atoms in total. The summed E-state index contributed by atoms with van der Waals surface area (Å²) in [5.74, 6) is 5.69. The van der Waals surface area contributed by atoms with E-state index < -0.39 is 10.0 Å². The summed E-state index contributed by atoms with van der Waals surface area (Å²) in [6, 6.07) is 3.77. The molecule has 0 atom stereocenters. The standard InChI is InChI=1S/C11H14N2O2S2/c12-7-1-2-9-3-4-10(16-9)8-13-17(14,15)11-5-6-11/h3-4,11,13H,5-8,12H2. The van der Waals surface area contributed by atoms with Crippen LogP contribution in [0.15, 0.2) is 12.1 Å². The van der Waals surface area contributed by atoms with Crippen molar-refractivity contribution in [2.45, 2.75) is 24.6 Å². The van der Waals surface area contributed by atoms with E-state index in [-0.39, 0.29) is 5.25 Å². The summed E-state index contributed by atoms with van der Waals surface area (Å²) in [6.45, 7) is 0.690. The van der Waals surface area contributed by atoms with Crippen LogP contribution in [0.3, 0.4) is 0 Å². The van der Waals surface area contributed by atoms with E-state index in [9.17, 15) is 8.42 Å². The molecule has 1 aliphatic carbocycles. The average molecular weight is 270 g/mol. The molecule has 0 unspecified atom stereocenters. The lowest BCUT2D eigenvalue weighted by Crippen LogP contribution is -2.26. The van der Waals surface area contributed by atoms with Crippen molar-refractivity contribution in [1.29, 1.82) is 0 Å². The summed E-state index contributed by atoms with van der Waals surface area (Å²) >= 11 is 1.49. The van der Waals surface area contributed by atoms with Gasteiger partial charge in [-0.1, -0.05) is 11.8 Å². The summed E-state index contributed by atoms with van der Waals surface area (Å²) in [5.41, 5.74) is 5.28. The molecule has 1 heterocycles. The molecule has 0 aliphatic heterocycles. The van der Waals surface area contributed by atoms with E-state index in [0.29, 0.717) is 13.1 Å². The number of rotatable bonds is 4. The SMILES string of the molecule is NCC#Cc1ccc(CNS(=O)(=O)C2CC2)s1. The van der Waals surface area contributed by atoms with E-state index in [1.165, 1.54) is 11.3 Å². The van der Waals surface area contributed by atoms with Gasteiger partial charge < -0.3 is 5.73 Å². The fourth-order valence-corrected chi connectivity index (χ4v) is 3.61. The van der Waals surface area contributed by atoms with Crippen LogP contribution in [0.5, 0.6) is 0 Å². The maximum Gasteiger partial charge on any atom is 0.214 e. The zero-order valence-corrected chi connectivity index (χ0v) is 10.9. The molecule has 17 heavy (non-hydrogen) atoms. The van der Waals surface area contributed by atoms with E-state index in [1.807, 2.05) is 12.1 Å². The van der Waals surface area contributed by atoms with Crippen LogP contribution in [0.2, 0.25) is 0 Å². The van der Waals surface area contributed by atoms with Gasteiger partial charge in [-0.05, 0) is 25.0 Å². The van der Waals surface area contributed by atoms with Gasteiger partial charge in [-0.25, -0.2) is 13.1 Å². The summed E-state index contributed by atoms with van der Waals surface area (Å²) in [7, 11) is -3.09. The predicted octanol–water partition coefficient (Wildman–Crippen LogP) is 0.640. The van der Waals surface area contributed by atoms with Gasteiger partial charge in [0.25, 0.3) is 0 Å². The highest BCUT2D eigenvalue weighted by molar-refractivity contribution is 7.90. The van der Waals surface area contributed by atoms with Crippen LogP contribution in [0, 0.1) is 11.8 Å². The zero-order valence-electron chi connectivity index (χ0n) is 9.27. The first-order valence-corrected chi connectivity index (χ1v) is 7.74. The average Bonchev–Trinajstić information content (AvgIpc) is 3.06. The van der Waals surface area contributed by atoms with Crippen molar-refractivity contribution in [3.63, 3.8) is 0 Å². The van der Waals surface area contributed by atoms with Crippen LogP contribution in [0.4, 0.5) is 0 Å². The Hall–Kier alpha value is -0.870. The molecule has 0 bridgehead atoms. The number of hydrogen-bond donors (Lipinski definition) is 2. The summed E-state index contributed by atoms with van der Waals surface area (Å²) in [4.78, 5) is 1.88. The first-order valence-electron chi connectivity index (χ1n) is 5.38. The van der Waals surface area contributed by atoms with Gasteiger partial charge in [0.2, 0.25) is 10.0 Å². The van der Waals surface area contributed by atoms with Gasteiger partial charge in [-0.2, -0.15) is 0 Å². The van der Waals surface area contributed by atoms with Crippen LogP contribution in [-0.2, 0) is 16.6 Å². The number of nitrogens with two attached hydrogens (primary N) is 1. The summed E-state index contributed by atoms with van der Waals surface area (Å²) in [6.07, 6.45) is 1.57. The second-order valence-electron chi connectivity index (χ2n) is 3.84. The minimum absolute atomic E-state index is 0.168. The van der Waals surface area contributed by atoms with E-state index in [2.05, 4.69) is 16.6 Å². The third-order valence-corrected chi connectivity index (χ3v) is 5.28. The van der Waals surface area contributed by atoms with Gasteiger partial charge in [0.1, 0.15) is 0 Å². The molecule has 0 aromatic carbocycles. The fraction of sp³-hybridized carbons (Fsp3) is 0.455. The minimum Gasteiger partial charge on any atom is -0.320 e. The minimum atomic E-state index is -3.09. The molecular formula is C11H14N2O2S2. The third-order valence-electron chi connectivity index (χ3n) is 2.39. The van der Waals surface area contributed by atoms with Crippen molar-refractivity contribution < 1.29 is 8.42 Å². The van der Waals surface area contributed by atoms with Gasteiger partial charge >= 0.3 is 0 Å². The molecule has 1 fully saturated rings. The van der Waals surface area contributed by atoms with Crippen LogP contribution >= 0.6 is 11.3 Å². The first kappa shape index (κ1) is 12.6. The lowest BCUT2D eigenvalue weighted by molar-refractivity contribution is 0.580.